The number of fused-ring (bicyclic) bond motifs is 1. The first kappa shape index (κ1) is 17.7. The molecule has 2 heterocycles. The molecule has 0 saturated heterocycles. The number of unbranched alkanes of at least 4 members (excludes halogenated alkanes) is 2. The fourth-order valence-electron chi connectivity index (χ4n) is 2.78. The Hall–Kier alpha value is -2.14. The second-order valence-electron chi connectivity index (χ2n) is 6.19. The van der Waals surface area contributed by atoms with Gasteiger partial charge in [-0.2, -0.15) is 0 Å². The fraction of sp³-hybridized carbons (Fsp3) is 0.400. The zero-order valence-corrected chi connectivity index (χ0v) is 15.7. The molecule has 2 aromatic rings. The molecule has 0 fully saturated rings. The van der Waals surface area contributed by atoms with Crippen molar-refractivity contribution in [2.45, 2.75) is 46.1 Å². The molecule has 5 heteroatoms. The molecule has 0 amide bonds. The summed E-state index contributed by atoms with van der Waals surface area (Å²) in [5, 5.41) is 10.7. The van der Waals surface area contributed by atoms with Gasteiger partial charge >= 0.3 is 0 Å². The van der Waals surface area contributed by atoms with Gasteiger partial charge in [0.05, 0.1) is 10.6 Å². The minimum Gasteiger partial charge on any atom is -0.493 e. The van der Waals surface area contributed by atoms with Crippen LogP contribution < -0.4 is 4.80 Å². The number of thiazole rings is 1. The van der Waals surface area contributed by atoms with E-state index in [1.54, 1.807) is 11.3 Å². The highest BCUT2D eigenvalue weighted by Crippen LogP contribution is 2.34. The van der Waals surface area contributed by atoms with Crippen molar-refractivity contribution < 1.29 is 5.11 Å². The second kappa shape index (κ2) is 8.30. The van der Waals surface area contributed by atoms with Gasteiger partial charge in [0, 0.05) is 30.4 Å². The van der Waals surface area contributed by atoms with E-state index < -0.39 is 0 Å². The van der Waals surface area contributed by atoms with Gasteiger partial charge in [-0.3, -0.25) is 14.6 Å². The van der Waals surface area contributed by atoms with Gasteiger partial charge in [-0.05, 0) is 25.0 Å². The molecular formula is C20H25N3OS. The van der Waals surface area contributed by atoms with Crippen LogP contribution >= 0.6 is 11.3 Å². The summed E-state index contributed by atoms with van der Waals surface area (Å²) in [7, 11) is 0. The van der Waals surface area contributed by atoms with Gasteiger partial charge in [0.1, 0.15) is 0 Å². The quantitative estimate of drug-likeness (QED) is 0.697. The van der Waals surface area contributed by atoms with Crippen LogP contribution in [0.3, 0.4) is 0 Å². The van der Waals surface area contributed by atoms with Crippen molar-refractivity contribution in [2.24, 2.45) is 9.98 Å². The van der Waals surface area contributed by atoms with Crippen LogP contribution in [0.1, 0.15) is 50.0 Å². The maximum absolute atomic E-state index is 10.7. The fourth-order valence-corrected chi connectivity index (χ4v) is 3.81. The molecule has 0 aliphatic carbocycles. The van der Waals surface area contributed by atoms with Crippen LogP contribution in [-0.4, -0.2) is 22.4 Å². The summed E-state index contributed by atoms with van der Waals surface area (Å²) in [5.41, 5.74) is 3.13. The average molecular weight is 356 g/mol. The summed E-state index contributed by atoms with van der Waals surface area (Å²) < 4.78 is 1.95. The SMILES string of the molecule is CCCCN=c1sc(/C=C2\C=Nc3ccccc32)c(O)n1CCCC. The van der Waals surface area contributed by atoms with E-state index >= 15 is 0 Å². The first-order valence-corrected chi connectivity index (χ1v) is 9.84. The summed E-state index contributed by atoms with van der Waals surface area (Å²) >= 11 is 1.56. The molecule has 0 spiro atoms. The lowest BCUT2D eigenvalue weighted by molar-refractivity contribution is 0.405. The Balaban J connectivity index is 1.98. The van der Waals surface area contributed by atoms with Gasteiger partial charge in [-0.25, -0.2) is 0 Å². The van der Waals surface area contributed by atoms with E-state index in [0.29, 0.717) is 5.88 Å². The molecular weight excluding hydrogens is 330 g/mol. The van der Waals surface area contributed by atoms with Crippen molar-refractivity contribution >= 4 is 34.9 Å². The average Bonchev–Trinajstić information content (AvgIpc) is 3.16. The Bertz CT molecular complexity index is 858. The molecule has 1 N–H and O–H groups in total. The van der Waals surface area contributed by atoms with Crippen molar-refractivity contribution in [3.8, 4) is 5.88 Å². The van der Waals surface area contributed by atoms with Crippen LogP contribution in [0, 0.1) is 0 Å². The van der Waals surface area contributed by atoms with E-state index in [4.69, 9.17) is 4.99 Å². The molecule has 132 valence electrons. The number of aromatic nitrogens is 1. The predicted molar refractivity (Wildman–Crippen MR) is 107 cm³/mol. The van der Waals surface area contributed by atoms with Crippen LogP contribution in [0.2, 0.25) is 0 Å². The molecule has 1 aliphatic heterocycles. The third-order valence-electron chi connectivity index (χ3n) is 4.25. The van der Waals surface area contributed by atoms with Crippen LogP contribution in [0.5, 0.6) is 5.88 Å². The molecule has 0 atom stereocenters. The summed E-state index contributed by atoms with van der Waals surface area (Å²) in [6, 6.07) is 8.08. The number of benzene rings is 1. The topological polar surface area (TPSA) is 49.9 Å². The van der Waals surface area contributed by atoms with Gasteiger partial charge < -0.3 is 5.11 Å². The number of para-hydroxylation sites is 1. The van der Waals surface area contributed by atoms with E-state index in [2.05, 4.69) is 24.9 Å². The number of nitrogens with zero attached hydrogens (tertiary/aromatic N) is 3. The number of rotatable bonds is 7. The molecule has 0 bridgehead atoms. The zero-order chi connectivity index (χ0) is 17.6. The Morgan fingerprint density at radius 3 is 2.80 bits per heavy atom. The van der Waals surface area contributed by atoms with Crippen molar-refractivity contribution in [3.05, 3.63) is 39.5 Å². The number of allylic oxidation sites excluding steroid dienone is 1. The number of aliphatic imine (C=N–C) groups is 1. The highest BCUT2D eigenvalue weighted by molar-refractivity contribution is 7.10. The van der Waals surface area contributed by atoms with Gasteiger partial charge in [-0.1, -0.05) is 56.2 Å². The molecule has 3 rings (SSSR count). The van der Waals surface area contributed by atoms with E-state index in [0.717, 1.165) is 65.3 Å². The van der Waals surface area contributed by atoms with Crippen LogP contribution in [0.4, 0.5) is 5.69 Å². The van der Waals surface area contributed by atoms with E-state index in [1.807, 2.05) is 35.1 Å². The largest absolute Gasteiger partial charge is 0.493 e. The molecule has 1 aromatic carbocycles. The molecule has 4 nitrogen and oxygen atoms in total. The van der Waals surface area contributed by atoms with E-state index in [9.17, 15) is 5.11 Å². The smallest absolute Gasteiger partial charge is 0.211 e. The minimum atomic E-state index is 0.318. The highest BCUT2D eigenvalue weighted by atomic mass is 32.1. The van der Waals surface area contributed by atoms with Gasteiger partial charge in [0.15, 0.2) is 4.80 Å². The second-order valence-corrected chi connectivity index (χ2v) is 7.20. The minimum absolute atomic E-state index is 0.318. The first-order chi connectivity index (χ1) is 12.2. The van der Waals surface area contributed by atoms with Gasteiger partial charge in [0.25, 0.3) is 0 Å². The van der Waals surface area contributed by atoms with Crippen molar-refractivity contribution in [3.63, 3.8) is 0 Å². The maximum atomic E-state index is 10.7. The summed E-state index contributed by atoms with van der Waals surface area (Å²) in [5.74, 6) is 0.318. The lowest BCUT2D eigenvalue weighted by Gasteiger charge is -2.04. The Morgan fingerprint density at radius 1 is 1.20 bits per heavy atom. The predicted octanol–water partition coefficient (Wildman–Crippen LogP) is 5.01. The molecule has 0 radical (unpaired) electrons. The summed E-state index contributed by atoms with van der Waals surface area (Å²) in [6.45, 7) is 5.94. The van der Waals surface area contributed by atoms with Crippen molar-refractivity contribution in [2.75, 3.05) is 6.54 Å². The lowest BCUT2D eigenvalue weighted by atomic mass is 10.1. The molecule has 25 heavy (non-hydrogen) atoms. The standard InChI is InChI=1S/C20H25N3OS/c1-3-5-11-21-20-23(12-6-4-2)19(24)18(25-20)13-15-14-22-17-10-8-7-9-16(15)17/h7-10,13-14,24H,3-6,11-12H2,1-2H3/b15-13+,21-20?. The highest BCUT2D eigenvalue weighted by Gasteiger charge is 2.15. The molecule has 1 aliphatic rings. The normalized spacial score (nSPS) is 15.3. The van der Waals surface area contributed by atoms with Crippen LogP contribution in [0.25, 0.3) is 11.6 Å². The van der Waals surface area contributed by atoms with Crippen LogP contribution in [-0.2, 0) is 6.54 Å². The van der Waals surface area contributed by atoms with Gasteiger partial charge in [0.2, 0.25) is 5.88 Å². The zero-order valence-electron chi connectivity index (χ0n) is 14.9. The monoisotopic (exact) mass is 355 g/mol. The molecule has 0 saturated carbocycles. The number of hydrogen-bond acceptors (Lipinski definition) is 4. The van der Waals surface area contributed by atoms with Gasteiger partial charge in [-0.15, -0.1) is 0 Å². The lowest BCUT2D eigenvalue weighted by Crippen LogP contribution is -2.15. The van der Waals surface area contributed by atoms with E-state index in [-0.39, 0.29) is 0 Å². The first-order valence-electron chi connectivity index (χ1n) is 9.02. The Kier molecular flexibility index (Phi) is 5.87. The van der Waals surface area contributed by atoms with Crippen molar-refractivity contribution in [1.82, 2.24) is 4.57 Å². The number of hydrogen-bond donors (Lipinski definition) is 1. The van der Waals surface area contributed by atoms with Crippen molar-refractivity contribution in [1.29, 1.82) is 0 Å². The maximum Gasteiger partial charge on any atom is 0.211 e. The molecule has 0 unspecified atom stereocenters. The van der Waals surface area contributed by atoms with Crippen LogP contribution in [0.15, 0.2) is 34.3 Å². The molecule has 1 aromatic heterocycles. The van der Waals surface area contributed by atoms with E-state index in [1.165, 1.54) is 0 Å². The third-order valence-corrected chi connectivity index (χ3v) is 5.30. The third kappa shape index (κ3) is 3.93. The summed E-state index contributed by atoms with van der Waals surface area (Å²) in [6.07, 6.45) is 8.21. The summed E-state index contributed by atoms with van der Waals surface area (Å²) in [4.78, 5) is 10.9. The number of aromatic hydroxyl groups is 1. The Labute approximate surface area is 152 Å². The Morgan fingerprint density at radius 2 is 2.00 bits per heavy atom.